The molecule has 1 atom stereocenters. The molecule has 0 saturated heterocycles. The molecule has 1 aromatic rings. The molecule has 0 saturated carbocycles. The lowest BCUT2D eigenvalue weighted by Crippen LogP contribution is -2.44. The predicted molar refractivity (Wildman–Crippen MR) is 77.6 cm³/mol. The summed E-state index contributed by atoms with van der Waals surface area (Å²) in [7, 11) is 0. The van der Waals surface area contributed by atoms with Crippen LogP contribution in [0.1, 0.15) is 26.3 Å². The highest BCUT2D eigenvalue weighted by Gasteiger charge is 2.32. The zero-order valence-corrected chi connectivity index (χ0v) is 13.6. The van der Waals surface area contributed by atoms with Crippen LogP contribution in [0, 0.1) is 5.82 Å². The number of alkyl carbamates (subject to hydrolysis) is 1. The third-order valence-corrected chi connectivity index (χ3v) is 2.65. The van der Waals surface area contributed by atoms with Gasteiger partial charge in [0.05, 0.1) is 0 Å². The van der Waals surface area contributed by atoms with E-state index in [9.17, 15) is 27.2 Å². The molecule has 6 nitrogen and oxygen atoms in total. The van der Waals surface area contributed by atoms with Gasteiger partial charge < -0.3 is 19.9 Å². The number of alkyl halides is 3. The van der Waals surface area contributed by atoms with E-state index >= 15 is 0 Å². The summed E-state index contributed by atoms with van der Waals surface area (Å²) in [6, 6.07) is 1.03. The molecule has 10 heteroatoms. The number of carbonyl (C=O) groups excluding carboxylic acids is 1. The molecule has 25 heavy (non-hydrogen) atoms. The summed E-state index contributed by atoms with van der Waals surface area (Å²) in [5.41, 5.74) is -0.847. The van der Waals surface area contributed by atoms with Crippen LogP contribution in [0.25, 0.3) is 0 Å². The van der Waals surface area contributed by atoms with Gasteiger partial charge in [-0.3, -0.25) is 0 Å². The molecule has 1 amide bonds. The van der Waals surface area contributed by atoms with E-state index in [1.807, 2.05) is 0 Å². The second-order valence-electron chi connectivity index (χ2n) is 6.05. The van der Waals surface area contributed by atoms with Gasteiger partial charge in [0.15, 0.2) is 11.6 Å². The predicted octanol–water partition coefficient (Wildman–Crippen LogP) is 3.24. The van der Waals surface area contributed by atoms with Gasteiger partial charge in [-0.05, 0) is 38.5 Å². The van der Waals surface area contributed by atoms with Gasteiger partial charge in [0.2, 0.25) is 0 Å². The summed E-state index contributed by atoms with van der Waals surface area (Å²) < 4.78 is 58.5. The van der Waals surface area contributed by atoms with Crippen molar-refractivity contribution in [2.45, 2.75) is 45.2 Å². The maximum atomic E-state index is 13.4. The number of carbonyl (C=O) groups is 2. The summed E-state index contributed by atoms with van der Waals surface area (Å²) in [6.45, 7) is 4.72. The average Bonchev–Trinajstić information content (AvgIpc) is 2.37. The molecule has 1 unspecified atom stereocenters. The molecule has 0 aromatic heterocycles. The molecule has 1 aromatic carbocycles. The Morgan fingerprint density at radius 2 is 1.84 bits per heavy atom. The second kappa shape index (κ2) is 7.58. The van der Waals surface area contributed by atoms with Crippen molar-refractivity contribution >= 4 is 12.1 Å². The van der Waals surface area contributed by atoms with Gasteiger partial charge in [0.1, 0.15) is 11.6 Å². The molecule has 0 aliphatic heterocycles. The molecule has 0 spiro atoms. The van der Waals surface area contributed by atoms with Crippen LogP contribution in [0.15, 0.2) is 18.2 Å². The minimum atomic E-state index is -5.10. The quantitative estimate of drug-likeness (QED) is 0.781. The smallest absolute Gasteiger partial charge is 0.480 e. The SMILES string of the molecule is CC(C)(C)OC(=O)NC(Cc1ccc(F)c(OC(F)(F)F)c1)C(=O)O. The Labute approximate surface area is 140 Å². The van der Waals surface area contributed by atoms with E-state index in [1.54, 1.807) is 20.8 Å². The Bertz CT molecular complexity index is 640. The van der Waals surface area contributed by atoms with Crippen LogP contribution in [0.3, 0.4) is 0 Å². The molecule has 0 fully saturated rings. The highest BCUT2D eigenvalue weighted by Crippen LogP contribution is 2.27. The van der Waals surface area contributed by atoms with Gasteiger partial charge in [-0.2, -0.15) is 0 Å². The Balaban J connectivity index is 2.90. The van der Waals surface area contributed by atoms with E-state index in [4.69, 9.17) is 9.84 Å². The number of carboxylic acids is 1. The van der Waals surface area contributed by atoms with E-state index in [0.717, 1.165) is 12.1 Å². The van der Waals surface area contributed by atoms with Gasteiger partial charge in [-0.1, -0.05) is 6.07 Å². The van der Waals surface area contributed by atoms with Crippen LogP contribution in [-0.4, -0.2) is 35.2 Å². The number of nitrogens with one attached hydrogen (secondary N) is 1. The van der Waals surface area contributed by atoms with Crippen LogP contribution >= 0.6 is 0 Å². The largest absolute Gasteiger partial charge is 0.573 e. The van der Waals surface area contributed by atoms with Crippen LogP contribution in [-0.2, 0) is 16.0 Å². The fourth-order valence-electron chi connectivity index (χ4n) is 1.76. The molecule has 0 heterocycles. The lowest BCUT2D eigenvalue weighted by atomic mass is 10.1. The van der Waals surface area contributed by atoms with Crippen LogP contribution in [0.2, 0.25) is 0 Å². The van der Waals surface area contributed by atoms with E-state index in [2.05, 4.69) is 10.1 Å². The van der Waals surface area contributed by atoms with Gasteiger partial charge in [0.25, 0.3) is 0 Å². The first-order chi connectivity index (χ1) is 11.3. The number of benzene rings is 1. The van der Waals surface area contributed by atoms with Crippen molar-refractivity contribution in [1.29, 1.82) is 0 Å². The van der Waals surface area contributed by atoms with Crippen molar-refractivity contribution in [3.8, 4) is 5.75 Å². The van der Waals surface area contributed by atoms with Crippen molar-refractivity contribution in [2.24, 2.45) is 0 Å². The molecule has 2 N–H and O–H groups in total. The number of hydrogen-bond acceptors (Lipinski definition) is 4. The minimum absolute atomic E-state index is 0.0177. The number of halogens is 4. The normalized spacial score (nSPS) is 13.1. The fraction of sp³-hybridized carbons (Fsp3) is 0.467. The fourth-order valence-corrected chi connectivity index (χ4v) is 1.76. The molecule has 1 rings (SSSR count). The van der Waals surface area contributed by atoms with Crippen molar-refractivity contribution in [3.63, 3.8) is 0 Å². The number of aliphatic carboxylic acids is 1. The van der Waals surface area contributed by atoms with Crippen molar-refractivity contribution in [3.05, 3.63) is 29.6 Å². The zero-order valence-electron chi connectivity index (χ0n) is 13.6. The van der Waals surface area contributed by atoms with Crippen LogP contribution < -0.4 is 10.1 Å². The first-order valence-electron chi connectivity index (χ1n) is 7.03. The number of hydrogen-bond donors (Lipinski definition) is 2. The van der Waals surface area contributed by atoms with Gasteiger partial charge in [-0.25, -0.2) is 14.0 Å². The Kier molecular flexibility index (Phi) is 6.22. The molecule has 0 bridgehead atoms. The summed E-state index contributed by atoms with van der Waals surface area (Å²) >= 11 is 0. The second-order valence-corrected chi connectivity index (χ2v) is 6.05. The van der Waals surface area contributed by atoms with E-state index in [-0.39, 0.29) is 5.56 Å². The third-order valence-electron chi connectivity index (χ3n) is 2.65. The topological polar surface area (TPSA) is 84.9 Å². The Morgan fingerprint density at radius 3 is 2.32 bits per heavy atom. The van der Waals surface area contributed by atoms with E-state index in [0.29, 0.717) is 6.07 Å². The highest BCUT2D eigenvalue weighted by atomic mass is 19.4. The minimum Gasteiger partial charge on any atom is -0.480 e. The monoisotopic (exact) mass is 367 g/mol. The lowest BCUT2D eigenvalue weighted by Gasteiger charge is -2.22. The van der Waals surface area contributed by atoms with Crippen molar-refractivity contribution in [1.82, 2.24) is 5.32 Å². The summed E-state index contributed by atoms with van der Waals surface area (Å²) in [5, 5.41) is 11.2. The van der Waals surface area contributed by atoms with E-state index in [1.165, 1.54) is 0 Å². The number of rotatable bonds is 5. The number of ether oxygens (including phenoxy) is 2. The molecular formula is C15H17F4NO5. The molecule has 140 valence electrons. The van der Waals surface area contributed by atoms with Crippen molar-refractivity contribution < 1.29 is 41.7 Å². The lowest BCUT2D eigenvalue weighted by molar-refractivity contribution is -0.275. The average molecular weight is 367 g/mol. The first-order valence-corrected chi connectivity index (χ1v) is 7.03. The maximum absolute atomic E-state index is 13.4. The Hall–Kier alpha value is -2.52. The van der Waals surface area contributed by atoms with E-state index < -0.39 is 48.1 Å². The van der Waals surface area contributed by atoms with Crippen LogP contribution in [0.4, 0.5) is 22.4 Å². The Morgan fingerprint density at radius 1 is 1.24 bits per heavy atom. The first kappa shape index (κ1) is 20.5. The van der Waals surface area contributed by atoms with Gasteiger partial charge in [-0.15, -0.1) is 13.2 Å². The zero-order chi connectivity index (χ0) is 19.4. The molecule has 0 radical (unpaired) electrons. The maximum Gasteiger partial charge on any atom is 0.573 e. The highest BCUT2D eigenvalue weighted by molar-refractivity contribution is 5.80. The summed E-state index contributed by atoms with van der Waals surface area (Å²) in [6.07, 6.45) is -6.50. The summed E-state index contributed by atoms with van der Waals surface area (Å²) in [4.78, 5) is 22.9. The molecule has 0 aliphatic carbocycles. The standard InChI is InChI=1S/C15H17F4NO5/c1-14(2,3)25-13(23)20-10(12(21)22)6-8-4-5-9(16)11(7-8)24-15(17,18)19/h4-5,7,10H,6H2,1-3H3,(H,20,23)(H,21,22). The van der Waals surface area contributed by atoms with Gasteiger partial charge >= 0.3 is 18.4 Å². The third kappa shape index (κ3) is 7.73. The van der Waals surface area contributed by atoms with Gasteiger partial charge in [0, 0.05) is 6.42 Å². The summed E-state index contributed by atoms with van der Waals surface area (Å²) in [5.74, 6) is -3.78. The number of carboxylic acid groups (broad SMARTS) is 1. The van der Waals surface area contributed by atoms with Crippen molar-refractivity contribution in [2.75, 3.05) is 0 Å². The van der Waals surface area contributed by atoms with Crippen LogP contribution in [0.5, 0.6) is 5.75 Å². The number of amides is 1. The molecule has 0 aliphatic rings. The molecular weight excluding hydrogens is 350 g/mol.